The summed E-state index contributed by atoms with van der Waals surface area (Å²) in [4.78, 5) is 8.26. The van der Waals surface area contributed by atoms with Gasteiger partial charge in [-0.15, -0.1) is 0 Å². The first-order valence-electron chi connectivity index (χ1n) is 10.0. The van der Waals surface area contributed by atoms with Gasteiger partial charge in [-0.05, 0) is 0 Å². The van der Waals surface area contributed by atoms with Crippen LogP contribution < -0.4 is 0 Å². The van der Waals surface area contributed by atoms with E-state index in [2.05, 4.69) is 9.80 Å². The fourth-order valence-corrected chi connectivity index (χ4v) is 4.22. The summed E-state index contributed by atoms with van der Waals surface area (Å²) in [6, 6.07) is 0. The van der Waals surface area contributed by atoms with Crippen LogP contribution >= 0.6 is 0 Å². The molecule has 12 nitrogen and oxygen atoms in total. The molecular weight excluding hydrogens is 463 g/mol. The summed E-state index contributed by atoms with van der Waals surface area (Å²) in [5, 5.41) is 17.5. The SMILES string of the molecule is O=S(=O)(O)CCN1CCN(CCO)CC1.O=S(=O)(O)CCN1CCN(CCO)CC1.[NaH]. The number of β-amino-alcohol motifs (C(OH)–C–C–N with tert-alkyl or cyclic N) is 2. The third kappa shape index (κ3) is 16.8. The van der Waals surface area contributed by atoms with Gasteiger partial charge in [0, 0.05) is 78.5 Å². The van der Waals surface area contributed by atoms with Crippen LogP contribution in [0.15, 0.2) is 0 Å². The van der Waals surface area contributed by atoms with Crippen molar-refractivity contribution in [2.75, 3.05) is 103 Å². The third-order valence-electron chi connectivity index (χ3n) is 5.09. The Balaban J connectivity index is 0.000000562. The molecule has 182 valence electrons. The fourth-order valence-electron chi connectivity index (χ4n) is 3.24. The molecule has 0 amide bonds. The molecule has 0 aliphatic carbocycles. The van der Waals surface area contributed by atoms with Crippen molar-refractivity contribution >= 4 is 49.8 Å². The number of rotatable bonds is 10. The van der Waals surface area contributed by atoms with Crippen molar-refractivity contribution in [1.82, 2.24) is 19.6 Å². The van der Waals surface area contributed by atoms with Gasteiger partial charge in [-0.1, -0.05) is 0 Å². The Labute approximate surface area is 208 Å². The standard InChI is InChI=1S/2C8H18N2O4S.Na.H/c2*11-7-5-9-1-3-10(4-2-9)6-8-15(12,13)14;;/h2*11H,1-8H2,(H,12,13,14);;. The molecule has 2 saturated heterocycles. The third-order valence-corrected chi connectivity index (χ3v) is 6.49. The predicted molar refractivity (Wildman–Crippen MR) is 120 cm³/mol. The summed E-state index contributed by atoms with van der Waals surface area (Å²) in [6.45, 7) is 8.93. The molecule has 15 heteroatoms. The van der Waals surface area contributed by atoms with Crippen molar-refractivity contribution in [2.45, 2.75) is 0 Å². The Morgan fingerprint density at radius 3 is 0.935 bits per heavy atom. The summed E-state index contributed by atoms with van der Waals surface area (Å²) >= 11 is 0. The van der Waals surface area contributed by atoms with Crippen molar-refractivity contribution < 1.29 is 36.2 Å². The quantitative estimate of drug-likeness (QED) is 0.172. The minimum absolute atomic E-state index is 0. The van der Waals surface area contributed by atoms with Gasteiger partial charge in [0.05, 0.1) is 24.7 Å². The van der Waals surface area contributed by atoms with E-state index in [1.807, 2.05) is 9.80 Å². The van der Waals surface area contributed by atoms with Crippen LogP contribution in [-0.2, 0) is 20.2 Å². The molecule has 4 N–H and O–H groups in total. The van der Waals surface area contributed by atoms with Crippen LogP contribution in [0, 0.1) is 0 Å². The Hall–Kier alpha value is 0.580. The second-order valence-corrected chi connectivity index (χ2v) is 10.5. The van der Waals surface area contributed by atoms with E-state index in [1.54, 1.807) is 0 Å². The molecule has 2 heterocycles. The maximum absolute atomic E-state index is 10.5. The van der Waals surface area contributed by atoms with Gasteiger partial charge < -0.3 is 10.2 Å². The van der Waals surface area contributed by atoms with Gasteiger partial charge in [-0.3, -0.25) is 28.7 Å². The van der Waals surface area contributed by atoms with E-state index >= 15 is 0 Å². The zero-order valence-corrected chi connectivity index (χ0v) is 19.0. The van der Waals surface area contributed by atoms with E-state index in [1.165, 1.54) is 0 Å². The summed E-state index contributed by atoms with van der Waals surface area (Å²) in [6.07, 6.45) is 0. The first-order valence-corrected chi connectivity index (χ1v) is 13.3. The zero-order valence-electron chi connectivity index (χ0n) is 17.3. The molecule has 0 atom stereocenters. The number of hydrogen-bond acceptors (Lipinski definition) is 10. The van der Waals surface area contributed by atoms with Crippen LogP contribution in [0.1, 0.15) is 0 Å². The van der Waals surface area contributed by atoms with E-state index in [9.17, 15) is 16.8 Å². The van der Waals surface area contributed by atoms with E-state index in [0.29, 0.717) is 26.2 Å². The average Bonchev–Trinajstić information content (AvgIpc) is 2.67. The van der Waals surface area contributed by atoms with Crippen LogP contribution in [-0.4, -0.2) is 189 Å². The zero-order chi connectivity index (χ0) is 22.6. The van der Waals surface area contributed by atoms with Gasteiger partial charge in [0.1, 0.15) is 0 Å². The van der Waals surface area contributed by atoms with Gasteiger partial charge in [0.2, 0.25) is 0 Å². The van der Waals surface area contributed by atoms with Crippen molar-refractivity contribution in [3.05, 3.63) is 0 Å². The second-order valence-electron chi connectivity index (χ2n) is 7.39. The van der Waals surface area contributed by atoms with Gasteiger partial charge in [-0.2, -0.15) is 16.8 Å². The number of aliphatic hydroxyl groups is 2. The molecule has 0 aromatic heterocycles. The van der Waals surface area contributed by atoms with Crippen LogP contribution in [0.2, 0.25) is 0 Å². The number of piperazine rings is 2. The molecule has 2 rings (SSSR count). The molecular formula is C16H37N4NaO8S2. The first-order chi connectivity index (χ1) is 14.0. The molecule has 0 saturated carbocycles. The minimum atomic E-state index is -3.84. The van der Waals surface area contributed by atoms with Crippen LogP contribution in [0.3, 0.4) is 0 Å². The monoisotopic (exact) mass is 500 g/mol. The molecule has 0 aromatic carbocycles. The van der Waals surface area contributed by atoms with E-state index < -0.39 is 20.2 Å². The summed E-state index contributed by atoms with van der Waals surface area (Å²) < 4.78 is 59.3. The Bertz CT molecular complexity index is 609. The molecule has 0 radical (unpaired) electrons. The summed E-state index contributed by atoms with van der Waals surface area (Å²) in [7, 11) is -7.69. The summed E-state index contributed by atoms with van der Waals surface area (Å²) in [5.41, 5.74) is 0. The Morgan fingerprint density at radius 1 is 0.516 bits per heavy atom. The molecule has 0 bridgehead atoms. The molecule has 2 aliphatic heterocycles. The van der Waals surface area contributed by atoms with E-state index in [4.69, 9.17) is 19.3 Å². The molecule has 31 heavy (non-hydrogen) atoms. The molecule has 0 aromatic rings. The number of aliphatic hydroxyl groups excluding tert-OH is 2. The van der Waals surface area contributed by atoms with Crippen LogP contribution in [0.4, 0.5) is 0 Å². The first kappa shape index (κ1) is 31.6. The molecule has 2 aliphatic rings. The fraction of sp³-hybridized carbons (Fsp3) is 1.00. The summed E-state index contributed by atoms with van der Waals surface area (Å²) in [5.74, 6) is -0.403. The van der Waals surface area contributed by atoms with Crippen molar-refractivity contribution in [1.29, 1.82) is 0 Å². The van der Waals surface area contributed by atoms with E-state index in [0.717, 1.165) is 52.4 Å². The van der Waals surface area contributed by atoms with Gasteiger partial charge >= 0.3 is 29.6 Å². The van der Waals surface area contributed by atoms with Crippen molar-refractivity contribution in [3.8, 4) is 0 Å². The van der Waals surface area contributed by atoms with Crippen LogP contribution in [0.5, 0.6) is 0 Å². The second kappa shape index (κ2) is 16.2. The maximum atomic E-state index is 10.5. The molecule has 0 unspecified atom stereocenters. The van der Waals surface area contributed by atoms with Gasteiger partial charge in [0.25, 0.3) is 20.2 Å². The van der Waals surface area contributed by atoms with E-state index in [-0.39, 0.29) is 54.3 Å². The number of hydrogen-bond donors (Lipinski definition) is 4. The topological polar surface area (TPSA) is 162 Å². The predicted octanol–water partition coefficient (Wildman–Crippen LogP) is -3.68. The van der Waals surface area contributed by atoms with Gasteiger partial charge in [-0.25, -0.2) is 0 Å². The van der Waals surface area contributed by atoms with Gasteiger partial charge in [0.15, 0.2) is 0 Å². The molecule has 0 spiro atoms. The average molecular weight is 501 g/mol. The molecule has 2 fully saturated rings. The normalized spacial score (nSPS) is 20.0. The van der Waals surface area contributed by atoms with Crippen LogP contribution in [0.25, 0.3) is 0 Å². The van der Waals surface area contributed by atoms with Crippen molar-refractivity contribution in [3.63, 3.8) is 0 Å². The van der Waals surface area contributed by atoms with Crippen molar-refractivity contribution in [2.24, 2.45) is 0 Å². The number of nitrogens with zero attached hydrogens (tertiary/aromatic N) is 4. The Morgan fingerprint density at radius 2 is 0.742 bits per heavy atom. The Kier molecular flexibility index (Phi) is 16.6.